The third-order valence-corrected chi connectivity index (χ3v) is 3.71. The van der Waals surface area contributed by atoms with Crippen LogP contribution in [0, 0.1) is 0 Å². The molecule has 1 amide bonds. The van der Waals surface area contributed by atoms with Gasteiger partial charge >= 0.3 is 5.97 Å². The molecule has 21 heavy (non-hydrogen) atoms. The molecule has 0 aliphatic carbocycles. The zero-order valence-corrected chi connectivity index (χ0v) is 12.8. The molecule has 0 bridgehead atoms. The Kier molecular flexibility index (Phi) is 4.28. The van der Waals surface area contributed by atoms with E-state index in [1.54, 1.807) is 30.3 Å². The van der Waals surface area contributed by atoms with Gasteiger partial charge in [-0.05, 0) is 46.3 Å². The second-order valence-electron chi connectivity index (χ2n) is 4.43. The lowest BCUT2D eigenvalue weighted by atomic mass is 10.1. The molecule has 2 aromatic rings. The number of hydrogen-bond donors (Lipinski definition) is 2. The van der Waals surface area contributed by atoms with Crippen molar-refractivity contribution in [2.75, 3.05) is 17.7 Å². The van der Waals surface area contributed by atoms with Gasteiger partial charge in [-0.1, -0.05) is 12.1 Å². The maximum atomic E-state index is 12.5. The molecule has 0 radical (unpaired) electrons. The summed E-state index contributed by atoms with van der Waals surface area (Å²) in [6.45, 7) is 0. The van der Waals surface area contributed by atoms with Crippen molar-refractivity contribution in [1.29, 1.82) is 0 Å². The molecule has 0 unspecified atom stereocenters. The van der Waals surface area contributed by atoms with E-state index in [1.807, 2.05) is 0 Å². The Morgan fingerprint density at radius 2 is 1.81 bits per heavy atom. The highest BCUT2D eigenvalue weighted by molar-refractivity contribution is 9.10. The fraction of sp³-hybridized carbons (Fsp3) is 0.0667. The molecule has 3 N–H and O–H groups in total. The zero-order valence-electron chi connectivity index (χ0n) is 11.2. The highest BCUT2D eigenvalue weighted by atomic mass is 79.9. The Bertz CT molecular complexity index is 716. The Labute approximate surface area is 130 Å². The molecule has 108 valence electrons. The van der Waals surface area contributed by atoms with Gasteiger partial charge in [0.2, 0.25) is 0 Å². The van der Waals surface area contributed by atoms with E-state index in [0.29, 0.717) is 15.7 Å². The highest BCUT2D eigenvalue weighted by Crippen LogP contribution is 2.25. The number of nitrogen functional groups attached to an aromatic ring is 1. The number of nitrogens with zero attached hydrogens (tertiary/aromatic N) is 1. The number of amides is 1. The van der Waals surface area contributed by atoms with Crippen LogP contribution in [0.1, 0.15) is 20.7 Å². The van der Waals surface area contributed by atoms with E-state index in [4.69, 9.17) is 5.73 Å². The van der Waals surface area contributed by atoms with Crippen LogP contribution in [-0.4, -0.2) is 24.0 Å². The van der Waals surface area contributed by atoms with E-state index in [9.17, 15) is 14.7 Å². The first kappa shape index (κ1) is 15.1. The molecule has 0 saturated carbocycles. The number of anilines is 2. The van der Waals surface area contributed by atoms with Gasteiger partial charge in [0.1, 0.15) is 0 Å². The van der Waals surface area contributed by atoms with Gasteiger partial charge in [0.15, 0.2) is 0 Å². The van der Waals surface area contributed by atoms with Crippen molar-refractivity contribution in [3.63, 3.8) is 0 Å². The summed E-state index contributed by atoms with van der Waals surface area (Å²) < 4.78 is 0.647. The molecule has 0 aliphatic rings. The Morgan fingerprint density at radius 1 is 1.14 bits per heavy atom. The molecule has 5 nitrogen and oxygen atoms in total. The van der Waals surface area contributed by atoms with Crippen molar-refractivity contribution in [3.05, 3.63) is 58.1 Å². The first-order valence-electron chi connectivity index (χ1n) is 6.07. The van der Waals surface area contributed by atoms with Crippen LogP contribution in [0.15, 0.2) is 46.9 Å². The van der Waals surface area contributed by atoms with Crippen molar-refractivity contribution < 1.29 is 14.7 Å². The van der Waals surface area contributed by atoms with Crippen LogP contribution in [0.25, 0.3) is 0 Å². The molecule has 0 aliphatic heterocycles. The number of carbonyl (C=O) groups excluding carboxylic acids is 1. The monoisotopic (exact) mass is 348 g/mol. The lowest BCUT2D eigenvalue weighted by Crippen LogP contribution is -2.28. The number of benzene rings is 2. The van der Waals surface area contributed by atoms with Crippen molar-refractivity contribution in [1.82, 2.24) is 0 Å². The van der Waals surface area contributed by atoms with Crippen LogP contribution in [0.2, 0.25) is 0 Å². The van der Waals surface area contributed by atoms with Crippen LogP contribution in [0.5, 0.6) is 0 Å². The summed E-state index contributed by atoms with van der Waals surface area (Å²) in [5.41, 5.74) is 6.66. The van der Waals surface area contributed by atoms with Crippen LogP contribution < -0.4 is 10.6 Å². The lowest BCUT2D eigenvalue weighted by Gasteiger charge is -2.20. The summed E-state index contributed by atoms with van der Waals surface area (Å²) in [6, 6.07) is 11.4. The molecular weight excluding hydrogens is 336 g/mol. The van der Waals surface area contributed by atoms with Crippen molar-refractivity contribution in [2.45, 2.75) is 0 Å². The van der Waals surface area contributed by atoms with Gasteiger partial charge < -0.3 is 15.7 Å². The number of carboxylic acids is 1. The fourth-order valence-corrected chi connectivity index (χ4v) is 2.40. The molecule has 6 heteroatoms. The summed E-state index contributed by atoms with van der Waals surface area (Å²) in [4.78, 5) is 25.1. The van der Waals surface area contributed by atoms with Gasteiger partial charge in [0.25, 0.3) is 5.91 Å². The number of carboxylic acid groups (broad SMARTS) is 1. The van der Waals surface area contributed by atoms with E-state index in [0.717, 1.165) is 0 Å². The van der Waals surface area contributed by atoms with Crippen LogP contribution in [0.3, 0.4) is 0 Å². The third-order valence-electron chi connectivity index (χ3n) is 3.02. The van der Waals surface area contributed by atoms with Gasteiger partial charge in [-0.3, -0.25) is 4.79 Å². The number of rotatable bonds is 3. The van der Waals surface area contributed by atoms with Gasteiger partial charge in [-0.15, -0.1) is 0 Å². The van der Waals surface area contributed by atoms with Crippen LogP contribution in [-0.2, 0) is 0 Å². The average Bonchev–Trinajstić information content (AvgIpc) is 2.46. The second kappa shape index (κ2) is 5.97. The molecule has 0 heterocycles. The number of carbonyl (C=O) groups is 2. The predicted octanol–water partition coefficient (Wildman–Crippen LogP) is 3.01. The Hall–Kier alpha value is -2.34. The number of aromatic carboxylic acids is 1. The standard InChI is InChI=1S/C15H13BrN2O3/c1-18(14(19)10-4-2-3-5-12(10)16)13-7-6-9(17)8-11(13)15(20)21/h2-8H,17H2,1H3,(H,20,21). The van der Waals surface area contributed by atoms with Gasteiger partial charge in [-0.25, -0.2) is 4.79 Å². The minimum atomic E-state index is -1.14. The van der Waals surface area contributed by atoms with Crippen molar-refractivity contribution >= 4 is 39.2 Å². The van der Waals surface area contributed by atoms with Gasteiger partial charge in [-0.2, -0.15) is 0 Å². The zero-order chi connectivity index (χ0) is 15.6. The minimum absolute atomic E-state index is 0.0158. The molecule has 0 atom stereocenters. The third kappa shape index (κ3) is 3.05. The lowest BCUT2D eigenvalue weighted by molar-refractivity contribution is 0.0698. The Morgan fingerprint density at radius 3 is 2.43 bits per heavy atom. The summed E-state index contributed by atoms with van der Waals surface area (Å²) in [7, 11) is 1.53. The quantitative estimate of drug-likeness (QED) is 0.835. The first-order chi connectivity index (χ1) is 9.91. The van der Waals surface area contributed by atoms with Crippen molar-refractivity contribution in [3.8, 4) is 0 Å². The van der Waals surface area contributed by atoms with Crippen LogP contribution in [0.4, 0.5) is 11.4 Å². The fourth-order valence-electron chi connectivity index (χ4n) is 1.94. The molecule has 0 spiro atoms. The number of hydrogen-bond acceptors (Lipinski definition) is 3. The SMILES string of the molecule is CN(C(=O)c1ccccc1Br)c1ccc(N)cc1C(=O)O. The van der Waals surface area contributed by atoms with Crippen molar-refractivity contribution in [2.24, 2.45) is 0 Å². The predicted molar refractivity (Wildman–Crippen MR) is 84.7 cm³/mol. The van der Waals surface area contributed by atoms with E-state index in [2.05, 4.69) is 15.9 Å². The van der Waals surface area contributed by atoms with Crippen LogP contribution >= 0.6 is 15.9 Å². The maximum absolute atomic E-state index is 12.5. The first-order valence-corrected chi connectivity index (χ1v) is 6.86. The molecule has 0 aromatic heterocycles. The maximum Gasteiger partial charge on any atom is 0.337 e. The van der Waals surface area contributed by atoms with E-state index >= 15 is 0 Å². The van der Waals surface area contributed by atoms with Gasteiger partial charge in [0.05, 0.1) is 16.8 Å². The van der Waals surface area contributed by atoms with E-state index < -0.39 is 5.97 Å². The molecule has 0 fully saturated rings. The minimum Gasteiger partial charge on any atom is -0.478 e. The number of halogens is 1. The molecule has 2 aromatic carbocycles. The highest BCUT2D eigenvalue weighted by Gasteiger charge is 2.21. The number of nitrogens with two attached hydrogens (primary N) is 1. The van der Waals surface area contributed by atoms with E-state index in [-0.39, 0.29) is 17.2 Å². The largest absolute Gasteiger partial charge is 0.478 e. The summed E-state index contributed by atoms with van der Waals surface area (Å²) in [5.74, 6) is -1.45. The normalized spacial score (nSPS) is 10.2. The average molecular weight is 349 g/mol. The second-order valence-corrected chi connectivity index (χ2v) is 5.28. The summed E-state index contributed by atoms with van der Waals surface area (Å²) >= 11 is 3.31. The molecule has 0 saturated heterocycles. The van der Waals surface area contributed by atoms with E-state index in [1.165, 1.54) is 24.1 Å². The molecular formula is C15H13BrN2O3. The summed E-state index contributed by atoms with van der Waals surface area (Å²) in [6.07, 6.45) is 0. The molecule has 2 rings (SSSR count). The summed E-state index contributed by atoms with van der Waals surface area (Å²) in [5, 5.41) is 9.24. The smallest absolute Gasteiger partial charge is 0.337 e. The Balaban J connectivity index is 2.45. The van der Waals surface area contributed by atoms with Gasteiger partial charge in [0, 0.05) is 17.2 Å². The topological polar surface area (TPSA) is 83.6 Å².